The number of anilines is 1. The summed E-state index contributed by atoms with van der Waals surface area (Å²) in [5.41, 5.74) is 3.99. The summed E-state index contributed by atoms with van der Waals surface area (Å²) in [5.74, 6) is -0.968. The number of carbonyl (C=O) groups excluding carboxylic acids is 2. The summed E-state index contributed by atoms with van der Waals surface area (Å²) in [6.07, 6.45) is 2.60. The zero-order valence-electron chi connectivity index (χ0n) is 16.9. The van der Waals surface area contributed by atoms with E-state index in [2.05, 4.69) is 25.2 Å². The molecule has 1 heterocycles. The van der Waals surface area contributed by atoms with E-state index in [4.69, 9.17) is 4.74 Å². The van der Waals surface area contributed by atoms with Crippen LogP contribution in [0.1, 0.15) is 38.7 Å². The monoisotopic (exact) mass is 368 g/mol. The molecule has 1 aliphatic heterocycles. The fourth-order valence-electron chi connectivity index (χ4n) is 4.19. The molecule has 1 N–H and O–H groups in total. The predicted molar refractivity (Wildman–Crippen MR) is 106 cm³/mol. The molecule has 1 aromatic rings. The SMILES string of the molecule is COC(=O)C1=C(C)NC2=CC(C)(C)CC(=O)C2C1c1ccc(N(C)C)cc1. The Kier molecular flexibility index (Phi) is 4.89. The highest BCUT2D eigenvalue weighted by Crippen LogP contribution is 2.47. The van der Waals surface area contributed by atoms with E-state index in [9.17, 15) is 9.59 Å². The number of ketones is 1. The minimum atomic E-state index is -0.390. The van der Waals surface area contributed by atoms with Gasteiger partial charge in [-0.2, -0.15) is 0 Å². The molecule has 5 nitrogen and oxygen atoms in total. The van der Waals surface area contributed by atoms with Crippen molar-refractivity contribution in [1.82, 2.24) is 5.32 Å². The standard InChI is InChI=1S/C22H28N2O3/c1-13-18(21(26)27-6)19(14-7-9-15(10-8-14)24(4)5)20-16(23-13)11-22(2,3)12-17(20)25/h7-11,19-20,23H,12H2,1-6H3. The fraction of sp³-hybridized carbons (Fsp3) is 0.455. The number of ether oxygens (including phenoxy) is 1. The summed E-state index contributed by atoms with van der Waals surface area (Å²) >= 11 is 0. The van der Waals surface area contributed by atoms with Gasteiger partial charge in [-0.3, -0.25) is 4.79 Å². The van der Waals surface area contributed by atoms with Gasteiger partial charge in [-0.1, -0.05) is 32.1 Å². The largest absolute Gasteiger partial charge is 0.466 e. The van der Waals surface area contributed by atoms with Crippen LogP contribution in [0.25, 0.3) is 0 Å². The van der Waals surface area contributed by atoms with E-state index in [1.54, 1.807) is 0 Å². The molecular weight excluding hydrogens is 340 g/mol. The highest BCUT2D eigenvalue weighted by atomic mass is 16.5. The van der Waals surface area contributed by atoms with E-state index in [0.29, 0.717) is 12.0 Å². The Hall–Kier alpha value is -2.56. The first-order chi connectivity index (χ1) is 12.6. The van der Waals surface area contributed by atoms with E-state index in [-0.39, 0.29) is 23.0 Å². The molecule has 0 bridgehead atoms. The zero-order chi connectivity index (χ0) is 19.9. The lowest BCUT2D eigenvalue weighted by atomic mass is 9.66. The molecule has 5 heteroatoms. The van der Waals surface area contributed by atoms with Gasteiger partial charge in [0, 0.05) is 43.5 Å². The number of carbonyl (C=O) groups is 2. The highest BCUT2D eigenvalue weighted by Gasteiger charge is 2.46. The van der Waals surface area contributed by atoms with Crippen LogP contribution in [0, 0.1) is 11.3 Å². The van der Waals surface area contributed by atoms with Crippen LogP contribution >= 0.6 is 0 Å². The van der Waals surface area contributed by atoms with Crippen molar-refractivity contribution in [3.63, 3.8) is 0 Å². The van der Waals surface area contributed by atoms with Crippen LogP contribution in [-0.4, -0.2) is 33.0 Å². The van der Waals surface area contributed by atoms with E-state index < -0.39 is 5.97 Å². The number of fused-ring (bicyclic) bond motifs is 1. The number of benzene rings is 1. The molecule has 0 fully saturated rings. The van der Waals surface area contributed by atoms with Crippen molar-refractivity contribution in [2.24, 2.45) is 11.3 Å². The second-order valence-electron chi connectivity index (χ2n) is 8.33. The lowest BCUT2D eigenvalue weighted by molar-refractivity contribution is -0.136. The minimum absolute atomic E-state index is 0.153. The van der Waals surface area contributed by atoms with Crippen LogP contribution in [0.4, 0.5) is 5.69 Å². The van der Waals surface area contributed by atoms with Crippen LogP contribution < -0.4 is 10.2 Å². The van der Waals surface area contributed by atoms with Gasteiger partial charge in [-0.05, 0) is 30.0 Å². The predicted octanol–water partition coefficient (Wildman–Crippen LogP) is 3.39. The molecule has 0 radical (unpaired) electrons. The lowest BCUT2D eigenvalue weighted by Crippen LogP contribution is -2.43. The summed E-state index contributed by atoms with van der Waals surface area (Å²) in [4.78, 5) is 27.7. The quantitative estimate of drug-likeness (QED) is 0.829. The van der Waals surface area contributed by atoms with Gasteiger partial charge in [0.1, 0.15) is 5.78 Å². The molecule has 2 aliphatic rings. The summed E-state index contributed by atoms with van der Waals surface area (Å²) in [6.45, 7) is 5.99. The number of rotatable bonds is 3. The third kappa shape index (κ3) is 3.51. The van der Waals surface area contributed by atoms with E-state index in [1.807, 2.05) is 50.2 Å². The van der Waals surface area contributed by atoms with Crippen LogP contribution in [0.15, 0.2) is 47.3 Å². The zero-order valence-corrected chi connectivity index (χ0v) is 16.9. The first-order valence-electron chi connectivity index (χ1n) is 9.23. The molecule has 0 spiro atoms. The number of esters is 1. The lowest BCUT2D eigenvalue weighted by Gasteiger charge is -2.41. The molecule has 0 saturated heterocycles. The van der Waals surface area contributed by atoms with Crippen molar-refractivity contribution in [3.8, 4) is 0 Å². The van der Waals surface area contributed by atoms with Crippen LogP contribution in [0.2, 0.25) is 0 Å². The van der Waals surface area contributed by atoms with E-state index in [1.165, 1.54) is 7.11 Å². The van der Waals surface area contributed by atoms with Crippen molar-refractivity contribution in [3.05, 3.63) is 52.9 Å². The van der Waals surface area contributed by atoms with Crippen LogP contribution in [0.3, 0.4) is 0 Å². The first kappa shape index (κ1) is 19.2. The third-order valence-electron chi connectivity index (χ3n) is 5.41. The maximum atomic E-state index is 13.1. The second-order valence-corrected chi connectivity index (χ2v) is 8.33. The normalized spacial score (nSPS) is 23.9. The van der Waals surface area contributed by atoms with Gasteiger partial charge in [0.05, 0.1) is 18.6 Å². The summed E-state index contributed by atoms with van der Waals surface area (Å²) < 4.78 is 5.05. The number of nitrogens with zero attached hydrogens (tertiary/aromatic N) is 1. The molecule has 144 valence electrons. The maximum Gasteiger partial charge on any atom is 0.336 e. The van der Waals surface area contributed by atoms with E-state index in [0.717, 1.165) is 22.6 Å². The molecule has 1 aliphatic carbocycles. The number of methoxy groups -OCH3 is 1. The summed E-state index contributed by atoms with van der Waals surface area (Å²) in [7, 11) is 5.35. The van der Waals surface area contributed by atoms with E-state index >= 15 is 0 Å². The van der Waals surface area contributed by atoms with Crippen molar-refractivity contribution < 1.29 is 14.3 Å². The number of nitrogens with one attached hydrogen (secondary N) is 1. The summed E-state index contributed by atoms with van der Waals surface area (Å²) in [6, 6.07) is 8.04. The molecule has 2 unspecified atom stereocenters. The molecule has 0 saturated carbocycles. The molecule has 0 amide bonds. The van der Waals surface area contributed by atoms with Crippen molar-refractivity contribution in [2.75, 3.05) is 26.1 Å². The molecular formula is C22H28N2O3. The Morgan fingerprint density at radius 1 is 1.19 bits per heavy atom. The van der Waals surface area contributed by atoms with Gasteiger partial charge in [0.25, 0.3) is 0 Å². The average molecular weight is 368 g/mol. The Labute approximate surface area is 161 Å². The van der Waals surface area contributed by atoms with Gasteiger partial charge in [-0.15, -0.1) is 0 Å². The second kappa shape index (κ2) is 6.87. The molecule has 3 rings (SSSR count). The van der Waals surface area contributed by atoms with Gasteiger partial charge < -0.3 is 15.0 Å². The number of allylic oxidation sites excluding steroid dienone is 3. The maximum absolute atomic E-state index is 13.1. The van der Waals surface area contributed by atoms with Crippen LogP contribution in [-0.2, 0) is 14.3 Å². The number of hydrogen-bond acceptors (Lipinski definition) is 5. The van der Waals surface area contributed by atoms with Crippen LogP contribution in [0.5, 0.6) is 0 Å². The average Bonchev–Trinajstić information content (AvgIpc) is 2.58. The smallest absolute Gasteiger partial charge is 0.336 e. The molecule has 2 atom stereocenters. The fourth-order valence-corrected chi connectivity index (χ4v) is 4.19. The topological polar surface area (TPSA) is 58.6 Å². The molecule has 0 aromatic heterocycles. The van der Waals surface area contributed by atoms with Gasteiger partial charge in [0.2, 0.25) is 0 Å². The van der Waals surface area contributed by atoms with Gasteiger partial charge in [-0.25, -0.2) is 4.79 Å². The minimum Gasteiger partial charge on any atom is -0.466 e. The number of Topliss-reactive ketones (excluding diaryl/α,β-unsaturated/α-hetero) is 1. The van der Waals surface area contributed by atoms with Gasteiger partial charge in [0.15, 0.2) is 0 Å². The third-order valence-corrected chi connectivity index (χ3v) is 5.41. The van der Waals surface area contributed by atoms with Crippen molar-refractivity contribution >= 4 is 17.4 Å². The van der Waals surface area contributed by atoms with Crippen molar-refractivity contribution in [1.29, 1.82) is 0 Å². The Balaban J connectivity index is 2.17. The molecule has 27 heavy (non-hydrogen) atoms. The Morgan fingerprint density at radius 2 is 1.81 bits per heavy atom. The molecule has 1 aromatic carbocycles. The first-order valence-corrected chi connectivity index (χ1v) is 9.23. The highest BCUT2D eigenvalue weighted by molar-refractivity contribution is 5.96. The van der Waals surface area contributed by atoms with Crippen molar-refractivity contribution in [2.45, 2.75) is 33.1 Å². The Bertz CT molecular complexity index is 832. The summed E-state index contributed by atoms with van der Waals surface area (Å²) in [5, 5.41) is 3.31. The Morgan fingerprint density at radius 3 is 2.37 bits per heavy atom. The van der Waals surface area contributed by atoms with Gasteiger partial charge >= 0.3 is 5.97 Å². The number of hydrogen-bond donors (Lipinski definition) is 1.